The van der Waals surface area contributed by atoms with Crippen LogP contribution in [-0.4, -0.2) is 64.3 Å². The van der Waals surface area contributed by atoms with Gasteiger partial charge in [-0.2, -0.15) is 0 Å². The van der Waals surface area contributed by atoms with Gasteiger partial charge in [-0.1, -0.05) is 0 Å². The van der Waals surface area contributed by atoms with Crippen molar-refractivity contribution in [2.24, 2.45) is 0 Å². The second-order valence-electron chi connectivity index (χ2n) is 4.38. The van der Waals surface area contributed by atoms with Crippen molar-refractivity contribution in [3.63, 3.8) is 0 Å². The first-order chi connectivity index (χ1) is 8.15. The molecule has 0 aromatic rings. The van der Waals surface area contributed by atoms with Gasteiger partial charge >= 0.3 is 0 Å². The highest BCUT2D eigenvalue weighted by Gasteiger charge is 2.15. The molecule has 1 fully saturated rings. The topological polar surface area (TPSA) is 53.6 Å². The summed E-state index contributed by atoms with van der Waals surface area (Å²) in [6, 6.07) is 0. The van der Waals surface area contributed by atoms with Gasteiger partial charge in [0, 0.05) is 45.4 Å². The molecule has 1 rings (SSSR count). The Morgan fingerprint density at radius 2 is 2.18 bits per heavy atom. The molecule has 1 heterocycles. The number of carbonyl (C=O) groups excluding carboxylic acids is 1. The number of hydrogen-bond acceptors (Lipinski definition) is 4. The largest absolute Gasteiger partial charge is 0.383 e. The molecule has 98 valence electrons. The number of hydrogen-bond donors (Lipinski definition) is 2. The first kappa shape index (κ1) is 14.2. The lowest BCUT2D eigenvalue weighted by molar-refractivity contribution is -0.117. The zero-order valence-electron chi connectivity index (χ0n) is 11.0. The third kappa shape index (κ3) is 4.85. The monoisotopic (exact) mass is 241 g/mol. The van der Waals surface area contributed by atoms with E-state index in [4.69, 9.17) is 4.74 Å². The Bertz CT molecular complexity index is 283. The van der Waals surface area contributed by atoms with Gasteiger partial charge in [0.2, 0.25) is 5.91 Å². The van der Waals surface area contributed by atoms with E-state index in [1.54, 1.807) is 7.11 Å². The fourth-order valence-corrected chi connectivity index (χ4v) is 1.53. The quantitative estimate of drug-likeness (QED) is 0.596. The van der Waals surface area contributed by atoms with E-state index in [0.717, 1.165) is 38.4 Å². The van der Waals surface area contributed by atoms with Gasteiger partial charge in [-0.15, -0.1) is 0 Å². The van der Waals surface area contributed by atoms with E-state index in [9.17, 15) is 4.79 Å². The van der Waals surface area contributed by atoms with Crippen LogP contribution in [0.3, 0.4) is 0 Å². The van der Waals surface area contributed by atoms with Gasteiger partial charge in [0.05, 0.1) is 6.61 Å². The Morgan fingerprint density at radius 1 is 1.47 bits per heavy atom. The Labute approximate surface area is 103 Å². The van der Waals surface area contributed by atoms with Crippen LogP contribution < -0.4 is 10.6 Å². The molecule has 5 nitrogen and oxygen atoms in total. The molecule has 0 aliphatic carbocycles. The van der Waals surface area contributed by atoms with Gasteiger partial charge in [0.1, 0.15) is 0 Å². The number of likely N-dealkylation sites (N-methyl/N-ethyl adjacent to an activating group) is 1. The zero-order chi connectivity index (χ0) is 12.7. The average molecular weight is 241 g/mol. The molecule has 1 amide bonds. The van der Waals surface area contributed by atoms with E-state index < -0.39 is 0 Å². The highest BCUT2D eigenvalue weighted by Crippen LogP contribution is 2.08. The van der Waals surface area contributed by atoms with Crippen molar-refractivity contribution in [3.8, 4) is 0 Å². The average Bonchev–Trinajstić information content (AvgIpc) is 2.23. The van der Waals surface area contributed by atoms with Crippen LogP contribution in [0.4, 0.5) is 0 Å². The van der Waals surface area contributed by atoms with E-state index in [1.165, 1.54) is 5.57 Å². The normalized spacial score (nSPS) is 14.7. The van der Waals surface area contributed by atoms with Crippen molar-refractivity contribution in [3.05, 3.63) is 11.1 Å². The van der Waals surface area contributed by atoms with Crippen molar-refractivity contribution in [2.45, 2.75) is 6.92 Å². The number of nitrogens with one attached hydrogen (secondary N) is 2. The molecule has 0 spiro atoms. The third-order valence-corrected chi connectivity index (χ3v) is 3.00. The number of rotatable bonds is 7. The smallest absolute Gasteiger partial charge is 0.247 e. The first-order valence-electron chi connectivity index (χ1n) is 6.00. The first-order valence-corrected chi connectivity index (χ1v) is 6.00. The molecule has 17 heavy (non-hydrogen) atoms. The van der Waals surface area contributed by atoms with Gasteiger partial charge in [-0.05, 0) is 19.5 Å². The molecular weight excluding hydrogens is 218 g/mol. The molecule has 1 aliphatic heterocycles. The maximum Gasteiger partial charge on any atom is 0.247 e. The summed E-state index contributed by atoms with van der Waals surface area (Å²) in [5.74, 6) is 0.0571. The maximum absolute atomic E-state index is 11.7. The van der Waals surface area contributed by atoms with Gasteiger partial charge in [-0.3, -0.25) is 4.79 Å². The summed E-state index contributed by atoms with van der Waals surface area (Å²) >= 11 is 0. The SMILES string of the molecule is COCCN(C)CCNC(=O)C(C)=C1CNC1. The number of ether oxygens (including phenoxy) is 1. The van der Waals surface area contributed by atoms with E-state index in [-0.39, 0.29) is 5.91 Å². The lowest BCUT2D eigenvalue weighted by atomic mass is 10.0. The minimum Gasteiger partial charge on any atom is -0.383 e. The number of amides is 1. The molecule has 0 radical (unpaired) electrons. The predicted molar refractivity (Wildman–Crippen MR) is 68.0 cm³/mol. The molecule has 1 aliphatic rings. The fraction of sp³-hybridized carbons (Fsp3) is 0.750. The third-order valence-electron chi connectivity index (χ3n) is 3.00. The van der Waals surface area contributed by atoms with E-state index in [1.807, 2.05) is 14.0 Å². The lowest BCUT2D eigenvalue weighted by Crippen LogP contribution is -2.39. The van der Waals surface area contributed by atoms with Gasteiger partial charge < -0.3 is 20.3 Å². The van der Waals surface area contributed by atoms with Crippen LogP contribution in [0, 0.1) is 0 Å². The van der Waals surface area contributed by atoms with Gasteiger partial charge in [-0.25, -0.2) is 0 Å². The highest BCUT2D eigenvalue weighted by atomic mass is 16.5. The Balaban J connectivity index is 2.15. The molecule has 0 saturated carbocycles. The summed E-state index contributed by atoms with van der Waals surface area (Å²) in [4.78, 5) is 13.9. The molecule has 1 saturated heterocycles. The van der Waals surface area contributed by atoms with Crippen molar-refractivity contribution >= 4 is 5.91 Å². The molecule has 0 bridgehead atoms. The van der Waals surface area contributed by atoms with Crippen molar-refractivity contribution in [1.82, 2.24) is 15.5 Å². The molecule has 5 heteroatoms. The van der Waals surface area contributed by atoms with Crippen molar-refractivity contribution < 1.29 is 9.53 Å². The summed E-state index contributed by atoms with van der Waals surface area (Å²) in [7, 11) is 3.71. The Kier molecular flexibility index (Phi) is 6.18. The van der Waals surface area contributed by atoms with E-state index >= 15 is 0 Å². The maximum atomic E-state index is 11.7. The predicted octanol–water partition coefficient (Wildman–Crippen LogP) is -0.399. The molecular formula is C12H23N3O2. The number of carbonyl (C=O) groups is 1. The summed E-state index contributed by atoms with van der Waals surface area (Å²) in [5, 5.41) is 6.07. The molecule has 0 atom stereocenters. The van der Waals surface area contributed by atoms with Crippen molar-refractivity contribution in [1.29, 1.82) is 0 Å². The number of nitrogens with zero attached hydrogens (tertiary/aromatic N) is 1. The minimum absolute atomic E-state index is 0.0571. The van der Waals surface area contributed by atoms with Crippen LogP contribution in [-0.2, 0) is 9.53 Å². The summed E-state index contributed by atoms with van der Waals surface area (Å²) in [6.45, 7) is 6.72. The standard InChI is InChI=1S/C12H23N3O2/c1-10(11-8-13-9-11)12(16)14-4-5-15(2)6-7-17-3/h13H,4-9H2,1-3H3,(H,14,16). The Hall–Kier alpha value is -0.910. The second-order valence-corrected chi connectivity index (χ2v) is 4.38. The number of methoxy groups -OCH3 is 1. The fourth-order valence-electron chi connectivity index (χ4n) is 1.53. The molecule has 0 unspecified atom stereocenters. The lowest BCUT2D eigenvalue weighted by Gasteiger charge is -2.22. The van der Waals surface area contributed by atoms with Gasteiger partial charge in [0.25, 0.3) is 0 Å². The Morgan fingerprint density at radius 3 is 2.71 bits per heavy atom. The summed E-state index contributed by atoms with van der Waals surface area (Å²) < 4.78 is 4.99. The highest BCUT2D eigenvalue weighted by molar-refractivity contribution is 5.93. The van der Waals surface area contributed by atoms with Crippen molar-refractivity contribution in [2.75, 3.05) is 53.5 Å². The van der Waals surface area contributed by atoms with Crippen LogP contribution >= 0.6 is 0 Å². The van der Waals surface area contributed by atoms with Crippen LogP contribution in [0.25, 0.3) is 0 Å². The zero-order valence-corrected chi connectivity index (χ0v) is 11.0. The van der Waals surface area contributed by atoms with Gasteiger partial charge in [0.15, 0.2) is 0 Å². The summed E-state index contributed by atoms with van der Waals surface area (Å²) in [5.41, 5.74) is 2.08. The molecule has 0 aromatic carbocycles. The molecule has 2 N–H and O–H groups in total. The van der Waals surface area contributed by atoms with E-state index in [2.05, 4.69) is 15.5 Å². The summed E-state index contributed by atoms with van der Waals surface area (Å²) in [6.07, 6.45) is 0. The van der Waals surface area contributed by atoms with Crippen LogP contribution in [0.15, 0.2) is 11.1 Å². The molecule has 0 aromatic heterocycles. The van der Waals surface area contributed by atoms with Crippen LogP contribution in [0.2, 0.25) is 0 Å². The second kappa shape index (κ2) is 7.42. The van der Waals surface area contributed by atoms with Crippen LogP contribution in [0.5, 0.6) is 0 Å². The van der Waals surface area contributed by atoms with Crippen LogP contribution in [0.1, 0.15) is 6.92 Å². The van der Waals surface area contributed by atoms with E-state index in [0.29, 0.717) is 6.54 Å². The minimum atomic E-state index is 0.0571.